The lowest BCUT2D eigenvalue weighted by atomic mass is 10.0. The zero-order chi connectivity index (χ0) is 12.3. The molecule has 0 aliphatic carbocycles. The van der Waals surface area contributed by atoms with Crippen LogP contribution in [0.5, 0.6) is 0 Å². The second-order valence-electron chi connectivity index (χ2n) is 5.02. The minimum Gasteiger partial charge on any atom is -0.383 e. The molecule has 1 aromatic heterocycles. The molecule has 0 spiro atoms. The largest absolute Gasteiger partial charge is 0.383 e. The molecule has 1 saturated heterocycles. The average molecular weight is 234 g/mol. The van der Waals surface area contributed by atoms with Crippen molar-refractivity contribution in [3.05, 3.63) is 23.9 Å². The summed E-state index contributed by atoms with van der Waals surface area (Å²) in [4.78, 5) is 8.93. The van der Waals surface area contributed by atoms with Crippen molar-refractivity contribution in [2.24, 2.45) is 0 Å². The van der Waals surface area contributed by atoms with Crippen molar-refractivity contribution in [1.29, 1.82) is 0 Å². The number of hydrogen-bond acceptors (Lipinski definition) is 4. The summed E-state index contributed by atoms with van der Waals surface area (Å²) in [6.45, 7) is 3.23. The van der Waals surface area contributed by atoms with Gasteiger partial charge in [0.1, 0.15) is 5.82 Å². The summed E-state index contributed by atoms with van der Waals surface area (Å²) < 4.78 is 0. The van der Waals surface area contributed by atoms with Gasteiger partial charge in [0.15, 0.2) is 0 Å². The van der Waals surface area contributed by atoms with Crippen molar-refractivity contribution in [2.75, 3.05) is 32.9 Å². The molecule has 94 valence electrons. The normalized spacial score (nSPS) is 18.8. The topological polar surface area (TPSA) is 45.4 Å². The number of nitrogens with zero attached hydrogens (tertiary/aromatic N) is 3. The Morgan fingerprint density at radius 2 is 2.12 bits per heavy atom. The van der Waals surface area contributed by atoms with E-state index in [1.165, 1.54) is 12.8 Å². The Labute approximate surface area is 103 Å². The van der Waals surface area contributed by atoms with Crippen LogP contribution in [0.2, 0.25) is 0 Å². The molecule has 0 atom stereocenters. The SMILES string of the molecule is CN(C)C1CCN(Cc2cccnc2N)CC1. The molecule has 2 heterocycles. The highest BCUT2D eigenvalue weighted by atomic mass is 15.2. The number of rotatable bonds is 3. The Morgan fingerprint density at radius 3 is 2.71 bits per heavy atom. The molecular weight excluding hydrogens is 212 g/mol. The minimum absolute atomic E-state index is 0.669. The molecule has 1 fully saturated rings. The van der Waals surface area contributed by atoms with Gasteiger partial charge in [-0.2, -0.15) is 0 Å². The van der Waals surface area contributed by atoms with Crippen molar-refractivity contribution >= 4 is 5.82 Å². The van der Waals surface area contributed by atoms with E-state index in [0.29, 0.717) is 5.82 Å². The minimum atomic E-state index is 0.669. The first-order chi connectivity index (χ1) is 8.16. The maximum atomic E-state index is 5.87. The first-order valence-corrected chi connectivity index (χ1v) is 6.25. The first-order valence-electron chi connectivity index (χ1n) is 6.25. The molecule has 0 aromatic carbocycles. The van der Waals surface area contributed by atoms with Gasteiger partial charge in [0.25, 0.3) is 0 Å². The molecule has 0 bridgehead atoms. The molecule has 1 aliphatic heterocycles. The van der Waals surface area contributed by atoms with Crippen molar-refractivity contribution in [3.63, 3.8) is 0 Å². The third-order valence-corrected chi connectivity index (χ3v) is 3.61. The van der Waals surface area contributed by atoms with E-state index in [1.54, 1.807) is 6.20 Å². The Morgan fingerprint density at radius 1 is 1.41 bits per heavy atom. The van der Waals surface area contributed by atoms with Crippen LogP contribution in [0.3, 0.4) is 0 Å². The van der Waals surface area contributed by atoms with Crippen LogP contribution in [0.4, 0.5) is 5.82 Å². The zero-order valence-corrected chi connectivity index (χ0v) is 10.8. The van der Waals surface area contributed by atoms with Gasteiger partial charge in [-0.05, 0) is 46.1 Å². The number of aromatic nitrogens is 1. The Bertz CT molecular complexity index is 356. The van der Waals surface area contributed by atoms with E-state index in [1.807, 2.05) is 6.07 Å². The van der Waals surface area contributed by atoms with Crippen molar-refractivity contribution < 1.29 is 0 Å². The zero-order valence-electron chi connectivity index (χ0n) is 10.8. The lowest BCUT2D eigenvalue weighted by Crippen LogP contribution is -2.41. The lowest BCUT2D eigenvalue weighted by Gasteiger charge is -2.35. The summed E-state index contributed by atoms with van der Waals surface area (Å²) >= 11 is 0. The van der Waals surface area contributed by atoms with E-state index in [0.717, 1.165) is 31.2 Å². The quantitative estimate of drug-likeness (QED) is 0.853. The van der Waals surface area contributed by atoms with Crippen LogP contribution in [0.1, 0.15) is 18.4 Å². The van der Waals surface area contributed by atoms with Gasteiger partial charge in [0.05, 0.1) is 0 Å². The highest BCUT2D eigenvalue weighted by Crippen LogP contribution is 2.18. The maximum Gasteiger partial charge on any atom is 0.127 e. The van der Waals surface area contributed by atoms with Crippen LogP contribution in [-0.4, -0.2) is 48.0 Å². The monoisotopic (exact) mass is 234 g/mol. The second kappa shape index (κ2) is 5.47. The highest BCUT2D eigenvalue weighted by molar-refractivity contribution is 5.38. The molecule has 4 nitrogen and oxygen atoms in total. The van der Waals surface area contributed by atoms with Gasteiger partial charge >= 0.3 is 0 Å². The molecule has 0 radical (unpaired) electrons. The van der Waals surface area contributed by atoms with Crippen molar-refractivity contribution in [1.82, 2.24) is 14.8 Å². The maximum absolute atomic E-state index is 5.87. The Balaban J connectivity index is 1.88. The van der Waals surface area contributed by atoms with Crippen LogP contribution in [-0.2, 0) is 6.54 Å². The number of hydrogen-bond donors (Lipinski definition) is 1. The number of likely N-dealkylation sites (tertiary alicyclic amines) is 1. The van der Waals surface area contributed by atoms with Crippen LogP contribution < -0.4 is 5.73 Å². The van der Waals surface area contributed by atoms with Gasteiger partial charge in [-0.15, -0.1) is 0 Å². The molecular formula is C13H22N4. The molecule has 0 unspecified atom stereocenters. The summed E-state index contributed by atoms with van der Waals surface area (Å²) in [6, 6.07) is 4.76. The third kappa shape index (κ3) is 3.17. The lowest BCUT2D eigenvalue weighted by molar-refractivity contribution is 0.140. The molecule has 4 heteroatoms. The van der Waals surface area contributed by atoms with E-state index >= 15 is 0 Å². The summed E-state index contributed by atoms with van der Waals surface area (Å²) in [7, 11) is 4.33. The number of pyridine rings is 1. The molecule has 1 aromatic rings. The predicted molar refractivity (Wildman–Crippen MR) is 70.6 cm³/mol. The number of anilines is 1. The van der Waals surface area contributed by atoms with Gasteiger partial charge in [-0.1, -0.05) is 6.07 Å². The molecule has 2 N–H and O–H groups in total. The van der Waals surface area contributed by atoms with Crippen LogP contribution in [0, 0.1) is 0 Å². The van der Waals surface area contributed by atoms with Gasteiger partial charge in [0, 0.05) is 24.3 Å². The Hall–Kier alpha value is -1.13. The van der Waals surface area contributed by atoms with E-state index < -0.39 is 0 Å². The first kappa shape index (κ1) is 12.3. The van der Waals surface area contributed by atoms with E-state index in [-0.39, 0.29) is 0 Å². The molecule has 0 saturated carbocycles. The smallest absolute Gasteiger partial charge is 0.127 e. The molecule has 17 heavy (non-hydrogen) atoms. The molecule has 0 amide bonds. The fourth-order valence-corrected chi connectivity index (χ4v) is 2.42. The summed E-state index contributed by atoms with van der Waals surface area (Å²) in [6.07, 6.45) is 4.23. The predicted octanol–water partition coefficient (Wildman–Crippen LogP) is 1.19. The van der Waals surface area contributed by atoms with E-state index in [4.69, 9.17) is 5.73 Å². The van der Waals surface area contributed by atoms with Gasteiger partial charge in [-0.25, -0.2) is 4.98 Å². The fourth-order valence-electron chi connectivity index (χ4n) is 2.42. The van der Waals surface area contributed by atoms with E-state index in [2.05, 4.69) is 34.9 Å². The van der Waals surface area contributed by atoms with Crippen molar-refractivity contribution in [2.45, 2.75) is 25.4 Å². The fraction of sp³-hybridized carbons (Fsp3) is 0.615. The van der Waals surface area contributed by atoms with Crippen LogP contribution >= 0.6 is 0 Å². The van der Waals surface area contributed by atoms with Crippen LogP contribution in [0.15, 0.2) is 18.3 Å². The van der Waals surface area contributed by atoms with Gasteiger partial charge < -0.3 is 10.6 Å². The molecule has 2 rings (SSSR count). The Kier molecular flexibility index (Phi) is 3.97. The number of nitrogen functional groups attached to an aromatic ring is 1. The average Bonchev–Trinajstić information content (AvgIpc) is 2.33. The van der Waals surface area contributed by atoms with Gasteiger partial charge in [0.2, 0.25) is 0 Å². The third-order valence-electron chi connectivity index (χ3n) is 3.61. The van der Waals surface area contributed by atoms with Crippen LogP contribution in [0.25, 0.3) is 0 Å². The summed E-state index contributed by atoms with van der Waals surface area (Å²) in [5.41, 5.74) is 7.02. The second-order valence-corrected chi connectivity index (χ2v) is 5.02. The number of nitrogens with two attached hydrogens (primary N) is 1. The van der Waals surface area contributed by atoms with Crippen molar-refractivity contribution in [3.8, 4) is 0 Å². The molecule has 1 aliphatic rings. The standard InChI is InChI=1S/C13H22N4/c1-16(2)12-5-8-17(9-6-12)10-11-4-3-7-15-13(11)14/h3-4,7,12H,5-6,8-10H2,1-2H3,(H2,14,15). The highest BCUT2D eigenvalue weighted by Gasteiger charge is 2.20. The summed E-state index contributed by atoms with van der Waals surface area (Å²) in [5.74, 6) is 0.669. The van der Waals surface area contributed by atoms with Gasteiger partial charge in [-0.3, -0.25) is 4.90 Å². The number of piperidine rings is 1. The summed E-state index contributed by atoms with van der Waals surface area (Å²) in [5, 5.41) is 0. The van der Waals surface area contributed by atoms with E-state index in [9.17, 15) is 0 Å².